The van der Waals surface area contributed by atoms with Crippen molar-refractivity contribution in [3.05, 3.63) is 254 Å². The molecule has 0 aliphatic carbocycles. The first-order chi connectivity index (χ1) is 38.6. The molecule has 9 aromatic rings. The number of thioether (sulfide) groups is 1. The number of nitrogens with one attached hydrogen (secondary N) is 1. The minimum absolute atomic E-state index is 0.353. The molecular weight excluding hydrogens is 1160 g/mol. The van der Waals surface area contributed by atoms with Gasteiger partial charge in [0.05, 0.1) is 0 Å². The summed E-state index contributed by atoms with van der Waals surface area (Å²) >= 11 is 1.78. The maximum atomic E-state index is 11.2. The minimum Gasteiger partial charge on any atom is -0.741 e. The molecule has 2 N–H and O–H groups in total. The fourth-order valence-corrected chi connectivity index (χ4v) is 7.91. The molecule has 8 aromatic carbocycles. The highest BCUT2D eigenvalue weighted by Gasteiger charge is 2.44. The van der Waals surface area contributed by atoms with Crippen molar-refractivity contribution in [1.82, 2.24) is 4.98 Å². The van der Waals surface area contributed by atoms with E-state index < -0.39 is 42.1 Å². The maximum absolute atomic E-state index is 11.2. The van der Waals surface area contributed by atoms with Gasteiger partial charge in [-0.15, -0.1) is 11.8 Å². The largest absolute Gasteiger partial charge is 0.741 e. The van der Waals surface area contributed by atoms with Crippen LogP contribution in [-0.2, 0) is 41.9 Å². The number of hydrogen-bond acceptors (Lipinski definition) is 9. The summed E-state index contributed by atoms with van der Waals surface area (Å²) in [4.78, 5) is 7.45. The fourth-order valence-electron chi connectivity index (χ4n) is 6.30. The standard InChI is InChI=1S/C15H17S.C14H14S.C13H12OS.C12H11N.C6H7N.2CHF3O3S/c1-12-4-6-13(7-5-12)14-8-10-15(11-9-14)16(2)3;1-11-3-5-12(6-4-11)13-7-9-14(15-2)10-8-13;1-15(14)13-9-7-12(8-10-13)11-5-3-2-4-6-11;1-3-7-11(8-4-1)13-12-9-5-2-6-10-12;1-6-2-4-7-5-3-6;2*2-1(3,4)8(5,6)7/h4-11H,1-3H3;3-10H,1-2H3;2-10H,1H3;1-10,13H;2-5H,1H3;2*(H,5,6,7)/q+1;;;;;;/p-1. The predicted molar refractivity (Wildman–Crippen MR) is 325 cm³/mol. The molecule has 1 atom stereocenters. The van der Waals surface area contributed by atoms with Crippen molar-refractivity contribution in [3.8, 4) is 33.4 Å². The average molecular weight is 1220 g/mol. The Balaban J connectivity index is 0.000000256. The highest BCUT2D eigenvalue weighted by molar-refractivity contribution is 7.98. The van der Waals surface area contributed by atoms with Crippen LogP contribution in [0.4, 0.5) is 37.7 Å². The first-order valence-corrected chi connectivity index (χ1v) is 32.0. The van der Waals surface area contributed by atoms with Crippen LogP contribution in [0.1, 0.15) is 16.7 Å². The monoisotopic (exact) mass is 1220 g/mol. The van der Waals surface area contributed by atoms with E-state index in [0.717, 1.165) is 21.8 Å². The van der Waals surface area contributed by atoms with Crippen molar-refractivity contribution in [2.45, 2.75) is 46.5 Å². The van der Waals surface area contributed by atoms with Crippen molar-refractivity contribution in [3.63, 3.8) is 0 Å². The summed E-state index contributed by atoms with van der Waals surface area (Å²) in [5.41, 5.74) is 2.44. The number of rotatable bonds is 8. The maximum Gasteiger partial charge on any atom is 0.522 e. The van der Waals surface area contributed by atoms with E-state index in [1.807, 2.05) is 122 Å². The van der Waals surface area contributed by atoms with Crippen molar-refractivity contribution in [2.24, 2.45) is 0 Å². The van der Waals surface area contributed by atoms with Crippen LogP contribution in [0.15, 0.2) is 252 Å². The molecule has 0 spiro atoms. The van der Waals surface area contributed by atoms with E-state index in [4.69, 9.17) is 25.9 Å². The van der Waals surface area contributed by atoms with Crippen molar-refractivity contribution >= 4 is 65.1 Å². The van der Waals surface area contributed by atoms with Gasteiger partial charge in [0.1, 0.15) is 12.5 Å². The van der Waals surface area contributed by atoms with E-state index in [2.05, 4.69) is 152 Å². The third kappa shape index (κ3) is 26.7. The number of nitrogens with zero attached hydrogens (tertiary/aromatic N) is 1. The second kappa shape index (κ2) is 34.4. The molecule has 0 bridgehead atoms. The lowest BCUT2D eigenvalue weighted by molar-refractivity contribution is -0.0519. The summed E-state index contributed by atoms with van der Waals surface area (Å²) in [6.07, 6.45) is 11.9. The molecule has 82 heavy (non-hydrogen) atoms. The first kappa shape index (κ1) is 69.2. The van der Waals surface area contributed by atoms with Gasteiger partial charge in [0.15, 0.2) is 15.0 Å². The smallest absolute Gasteiger partial charge is 0.522 e. The summed E-state index contributed by atoms with van der Waals surface area (Å²) < 4.78 is 128. The lowest BCUT2D eigenvalue weighted by atomic mass is 10.0. The molecule has 0 radical (unpaired) electrons. The van der Waals surface area contributed by atoms with Crippen molar-refractivity contribution < 1.29 is 56.5 Å². The summed E-state index contributed by atoms with van der Waals surface area (Å²) in [6, 6.07) is 77.2. The molecule has 1 aromatic heterocycles. The van der Waals surface area contributed by atoms with Crippen LogP contribution < -0.4 is 5.32 Å². The predicted octanol–water partition coefficient (Wildman–Crippen LogP) is 16.6. The van der Waals surface area contributed by atoms with E-state index in [0.29, 0.717) is 10.9 Å². The molecule has 1 unspecified atom stereocenters. The molecule has 0 saturated carbocycles. The van der Waals surface area contributed by atoms with Gasteiger partial charge >= 0.3 is 21.1 Å². The summed E-state index contributed by atoms with van der Waals surface area (Å²) in [6.45, 7) is 6.27. The van der Waals surface area contributed by atoms with E-state index in [1.165, 1.54) is 54.3 Å². The number of benzene rings is 8. The third-order valence-electron chi connectivity index (χ3n) is 10.7. The van der Waals surface area contributed by atoms with Gasteiger partial charge in [0.25, 0.3) is 0 Å². The minimum atomic E-state index is -6.09. The number of anilines is 2. The van der Waals surface area contributed by atoms with Gasteiger partial charge in [-0.25, -0.2) is 8.42 Å². The van der Waals surface area contributed by atoms with Crippen LogP contribution in [0.25, 0.3) is 33.4 Å². The number of alkyl halides is 6. The molecule has 0 aliphatic rings. The average Bonchev–Trinajstić information content (AvgIpc) is 3.45. The lowest BCUT2D eigenvalue weighted by Crippen LogP contribution is -2.21. The molecule has 9 rings (SSSR count). The number of pyridine rings is 1. The van der Waals surface area contributed by atoms with Crippen LogP contribution >= 0.6 is 11.8 Å². The molecule has 1 heterocycles. The number of para-hydroxylation sites is 2. The summed E-state index contributed by atoms with van der Waals surface area (Å²) in [7, 11) is -12.5. The van der Waals surface area contributed by atoms with Gasteiger partial charge in [-0.1, -0.05) is 151 Å². The van der Waals surface area contributed by atoms with Gasteiger partial charge in [0.2, 0.25) is 0 Å². The zero-order valence-corrected chi connectivity index (χ0v) is 49.8. The number of aryl methyl sites for hydroxylation is 3. The Kier molecular flexibility index (Phi) is 29.1. The van der Waals surface area contributed by atoms with Gasteiger partial charge < -0.3 is 9.87 Å². The topological polar surface area (TPSA) is 154 Å². The van der Waals surface area contributed by atoms with Gasteiger partial charge in [-0.3, -0.25) is 13.7 Å². The molecule has 0 saturated heterocycles. The second-order valence-corrected chi connectivity index (χ2v) is 24.5. The molecular formula is C62H62F6N2O7S5. The van der Waals surface area contributed by atoms with E-state index in [-0.39, 0.29) is 0 Å². The molecule has 9 nitrogen and oxygen atoms in total. The van der Waals surface area contributed by atoms with Crippen molar-refractivity contribution in [1.29, 1.82) is 0 Å². The number of hydrogen-bond donors (Lipinski definition) is 2. The Morgan fingerprint density at radius 1 is 0.488 bits per heavy atom. The fraction of sp³-hybridized carbons (Fsp3) is 0.145. The second-order valence-electron chi connectivity index (χ2n) is 17.3. The van der Waals surface area contributed by atoms with Crippen LogP contribution in [0.2, 0.25) is 0 Å². The van der Waals surface area contributed by atoms with Crippen molar-refractivity contribution in [2.75, 3.05) is 30.3 Å². The third-order valence-corrected chi connectivity index (χ3v) is 14.8. The summed E-state index contributed by atoms with van der Waals surface area (Å²) in [5, 5.41) is 3.30. The number of aromatic nitrogens is 1. The Hall–Kier alpha value is -7.04. The zero-order chi connectivity index (χ0) is 60.9. The van der Waals surface area contributed by atoms with E-state index >= 15 is 0 Å². The quantitative estimate of drug-likeness (QED) is 0.0494. The van der Waals surface area contributed by atoms with E-state index in [9.17, 15) is 30.6 Å². The van der Waals surface area contributed by atoms with Gasteiger partial charge in [-0.05, 0) is 151 Å². The molecule has 0 fully saturated rings. The molecule has 0 aliphatic heterocycles. The lowest BCUT2D eigenvalue weighted by Gasteiger charge is -2.08. The first-order valence-electron chi connectivity index (χ1n) is 24.3. The Morgan fingerprint density at radius 2 is 0.780 bits per heavy atom. The SMILES string of the molecule is CS(=O)c1ccc(-c2ccccc2)cc1.CSc1ccc(-c2ccc(C)cc2)cc1.Cc1ccc(-c2ccc([S+](C)C)cc2)cc1.Cc1ccncc1.O=S(=O)(O)C(F)(F)F.O=S(=O)([O-])C(F)(F)F.c1ccc(Nc2ccccc2)cc1. The van der Waals surface area contributed by atoms with Gasteiger partial charge in [-0.2, -0.15) is 34.8 Å². The molecule has 20 heteroatoms. The normalized spacial score (nSPS) is 11.2. The summed E-state index contributed by atoms with van der Waals surface area (Å²) in [5.74, 6) is 0. The van der Waals surface area contributed by atoms with Crippen LogP contribution in [0, 0.1) is 20.8 Å². The molecule has 434 valence electrons. The Morgan fingerprint density at radius 3 is 1.06 bits per heavy atom. The zero-order valence-electron chi connectivity index (χ0n) is 45.7. The number of halogens is 6. The van der Waals surface area contributed by atoms with Crippen LogP contribution in [0.3, 0.4) is 0 Å². The van der Waals surface area contributed by atoms with Gasteiger partial charge in [0, 0.05) is 61.5 Å². The van der Waals surface area contributed by atoms with Crippen LogP contribution in [0.5, 0.6) is 0 Å². The Bertz CT molecular complexity index is 3400. The van der Waals surface area contributed by atoms with Crippen LogP contribution in [-0.4, -0.2) is 71.2 Å². The van der Waals surface area contributed by atoms with E-state index in [1.54, 1.807) is 30.4 Å². The molecule has 0 amide bonds. The highest BCUT2D eigenvalue weighted by atomic mass is 32.2. The Labute approximate surface area is 487 Å². The highest BCUT2D eigenvalue weighted by Crippen LogP contribution is 2.26.